The van der Waals surface area contributed by atoms with Crippen molar-refractivity contribution in [2.45, 2.75) is 41.5 Å². The van der Waals surface area contributed by atoms with Crippen LogP contribution in [0.4, 0.5) is 102 Å². The van der Waals surface area contributed by atoms with E-state index in [9.17, 15) is 0 Å². The second-order valence-corrected chi connectivity index (χ2v) is 30.5. The molecule has 0 spiro atoms. The van der Waals surface area contributed by atoms with E-state index in [1.165, 1.54) is 60.7 Å². The largest absolute Gasteiger partial charge is 0.458 e. The summed E-state index contributed by atoms with van der Waals surface area (Å²) in [6.07, 6.45) is 4.44. The van der Waals surface area contributed by atoms with Crippen LogP contribution in [0.3, 0.4) is 0 Å². The van der Waals surface area contributed by atoms with Gasteiger partial charge in [-0.15, -0.1) is 0 Å². The standard InChI is InChI=1S/C92H72B3N7O2S2/c1-56-22-34-63(35-23-56)97(64-36-24-57(2)25-37-64)69-46-79-90-83(47-69)100(62-16-10-9-11-17-62)80-20-14-12-18-72(80)93(90)74-52-77-87(54-78(74)96-79)104-89-51-71(99(67-42-30-60(5)31-43-67)68-44-32-61(6)33-45-68)49-85-92(89)95(77)76-53-75-81(55-82(76)102(85)106-8)101(105-7)84-48-70(50-88-91(84)94(75)73-19-13-15-21-86(73)103-88)98(65-38-26-58(3)27-39-65)66-40-28-59(4)29-41-66/h9-55,96H,1-8H3. The molecule has 0 unspecified atom stereocenters. The van der Waals surface area contributed by atoms with Crippen LogP contribution >= 0.6 is 23.9 Å². The fraction of sp³-hybridized carbons (Fsp3) is 0.0870. The van der Waals surface area contributed by atoms with Crippen LogP contribution in [0.1, 0.15) is 33.4 Å². The summed E-state index contributed by atoms with van der Waals surface area (Å²) >= 11 is 3.48. The molecule has 0 aromatic heterocycles. The average molecular weight is 1400 g/mol. The van der Waals surface area contributed by atoms with Crippen molar-refractivity contribution in [3.63, 3.8) is 0 Å². The summed E-state index contributed by atoms with van der Waals surface area (Å²) < 4.78 is 20.0. The Kier molecular flexibility index (Phi) is 15.0. The highest BCUT2D eigenvalue weighted by atomic mass is 32.2. The summed E-state index contributed by atoms with van der Waals surface area (Å²) in [7, 11) is 0. The zero-order valence-corrected chi connectivity index (χ0v) is 61.8. The first-order valence-electron chi connectivity index (χ1n) is 36.4. The van der Waals surface area contributed by atoms with Crippen LogP contribution in [0.5, 0.6) is 23.0 Å². The predicted molar refractivity (Wildman–Crippen MR) is 455 cm³/mol. The number of aryl methyl sites for hydroxylation is 6. The molecule has 0 fully saturated rings. The third-order valence-electron chi connectivity index (χ3n) is 22.3. The number of benzene rings is 14. The number of anilines is 18. The average Bonchev–Trinajstić information content (AvgIpc) is 0.695. The molecule has 0 saturated carbocycles. The lowest BCUT2D eigenvalue weighted by molar-refractivity contribution is 0.487. The Morgan fingerprint density at radius 3 is 1.13 bits per heavy atom. The molecule has 106 heavy (non-hydrogen) atoms. The van der Waals surface area contributed by atoms with Gasteiger partial charge in [0.15, 0.2) is 0 Å². The van der Waals surface area contributed by atoms with Gasteiger partial charge in [-0.1, -0.05) is 173 Å². The maximum absolute atomic E-state index is 7.80. The molecule has 6 aliphatic rings. The fourth-order valence-corrected chi connectivity index (χ4v) is 18.7. The van der Waals surface area contributed by atoms with Crippen LogP contribution in [0.25, 0.3) is 0 Å². The number of hydrogen-bond donors (Lipinski definition) is 1. The summed E-state index contributed by atoms with van der Waals surface area (Å²) in [5, 5.41) is 4.20. The van der Waals surface area contributed by atoms with Crippen molar-refractivity contribution in [3.05, 3.63) is 318 Å². The third kappa shape index (κ3) is 10.2. The molecule has 14 aromatic carbocycles. The zero-order chi connectivity index (χ0) is 71.3. The monoisotopic (exact) mass is 1400 g/mol. The summed E-state index contributed by atoms with van der Waals surface area (Å²) in [5.41, 5.74) is 37.2. The third-order valence-corrected chi connectivity index (χ3v) is 23.8. The molecule has 0 atom stereocenters. The van der Waals surface area contributed by atoms with Crippen molar-refractivity contribution in [1.82, 2.24) is 0 Å². The second-order valence-electron chi connectivity index (χ2n) is 29.0. The highest BCUT2D eigenvalue weighted by Gasteiger charge is 2.50. The molecule has 0 aliphatic carbocycles. The molecule has 6 heterocycles. The van der Waals surface area contributed by atoms with E-state index in [2.05, 4.69) is 373 Å². The quantitative estimate of drug-likeness (QED) is 0.0940. The Bertz CT molecular complexity index is 5770. The summed E-state index contributed by atoms with van der Waals surface area (Å²) in [6, 6.07) is 106. The molecule has 0 amide bonds. The Hall–Kier alpha value is -11.8. The van der Waals surface area contributed by atoms with Crippen LogP contribution in [0.15, 0.2) is 285 Å². The fourth-order valence-electron chi connectivity index (χ4n) is 17.3. The molecule has 9 nitrogen and oxygen atoms in total. The lowest BCUT2D eigenvalue weighted by atomic mass is 9.29. The number of hydrogen-bond acceptors (Lipinski definition) is 11. The van der Waals surface area contributed by atoms with E-state index in [-0.39, 0.29) is 20.1 Å². The summed E-state index contributed by atoms with van der Waals surface area (Å²) in [4.78, 5) is 9.65. The van der Waals surface area contributed by atoms with Crippen molar-refractivity contribution >= 4 is 196 Å². The summed E-state index contributed by atoms with van der Waals surface area (Å²) in [5.74, 6) is 3.34. The van der Waals surface area contributed by atoms with Gasteiger partial charge in [0.1, 0.15) is 23.0 Å². The van der Waals surface area contributed by atoms with E-state index >= 15 is 0 Å². The first-order valence-corrected chi connectivity index (χ1v) is 38.8. The molecule has 14 aromatic rings. The predicted octanol–water partition coefficient (Wildman–Crippen LogP) is 19.0. The van der Waals surface area contributed by atoms with Gasteiger partial charge >= 0.3 is 0 Å². The number of fused-ring (bicyclic) bond motifs is 12. The highest BCUT2D eigenvalue weighted by Crippen LogP contribution is 2.51. The van der Waals surface area contributed by atoms with Crippen molar-refractivity contribution in [3.8, 4) is 23.0 Å². The van der Waals surface area contributed by atoms with Gasteiger partial charge in [-0.25, -0.2) is 0 Å². The molecular weight excluding hydrogens is 1330 g/mol. The van der Waals surface area contributed by atoms with Crippen LogP contribution < -0.4 is 92.2 Å². The summed E-state index contributed by atoms with van der Waals surface area (Å²) in [6.45, 7) is 12.3. The number of ether oxygens (including phenoxy) is 2. The van der Waals surface area contributed by atoms with E-state index < -0.39 is 0 Å². The van der Waals surface area contributed by atoms with Crippen LogP contribution in [-0.4, -0.2) is 32.6 Å². The van der Waals surface area contributed by atoms with E-state index in [4.69, 9.17) is 9.47 Å². The first-order chi connectivity index (χ1) is 51.9. The van der Waals surface area contributed by atoms with Gasteiger partial charge in [0.25, 0.3) is 20.1 Å². The van der Waals surface area contributed by atoms with E-state index in [1.807, 2.05) is 0 Å². The molecule has 1 N–H and O–H groups in total. The van der Waals surface area contributed by atoms with Crippen LogP contribution in [0.2, 0.25) is 0 Å². The van der Waals surface area contributed by atoms with Gasteiger partial charge in [-0.05, 0) is 242 Å². The molecule has 6 aliphatic heterocycles. The minimum absolute atomic E-state index is 0.166. The van der Waals surface area contributed by atoms with Gasteiger partial charge < -0.3 is 34.4 Å². The lowest BCUT2D eigenvalue weighted by Gasteiger charge is -2.44. The maximum atomic E-state index is 7.80. The number of rotatable bonds is 12. The number of para-hydroxylation sites is 3. The van der Waals surface area contributed by atoms with Gasteiger partial charge in [-0.3, -0.25) is 8.61 Å². The van der Waals surface area contributed by atoms with E-state index in [0.717, 1.165) is 147 Å². The normalized spacial score (nSPS) is 13.3. The minimum Gasteiger partial charge on any atom is -0.458 e. The van der Waals surface area contributed by atoms with Crippen molar-refractivity contribution < 1.29 is 9.47 Å². The Morgan fingerprint density at radius 2 is 0.660 bits per heavy atom. The zero-order valence-electron chi connectivity index (χ0n) is 60.2. The maximum Gasteiger partial charge on any atom is 0.256 e. The van der Waals surface area contributed by atoms with E-state index in [1.54, 1.807) is 23.9 Å². The molecule has 0 bridgehead atoms. The highest BCUT2D eigenvalue weighted by molar-refractivity contribution is 8.00. The Morgan fingerprint density at radius 1 is 0.274 bits per heavy atom. The SMILES string of the molecule is CSN1c2cc3c(cc2B2c4ccccc4Oc4cc(N(c5ccc(C)cc5)c5ccc(C)cc5)cc1c42)B1c2cc4c(cc2Oc2cc(N(c5ccc(C)cc5)c5ccc(C)cc5)cc(c21)N3SC)Nc1cc(N(c2ccc(C)cc2)c2ccc(C)cc2)cc2c1B4c1ccccc1N2c1ccccc1. The minimum atomic E-state index is -0.275. The number of nitrogens with zero attached hydrogens (tertiary/aromatic N) is 6. The second kappa shape index (κ2) is 24.9. The molecule has 508 valence electrons. The van der Waals surface area contributed by atoms with Crippen LogP contribution in [-0.2, 0) is 0 Å². The molecule has 0 saturated heterocycles. The van der Waals surface area contributed by atoms with E-state index in [0.29, 0.717) is 0 Å². The van der Waals surface area contributed by atoms with Gasteiger partial charge in [0, 0.05) is 105 Å². The molecule has 20 rings (SSSR count). The first kappa shape index (κ1) is 63.8. The molecule has 0 radical (unpaired) electrons. The number of nitrogens with one attached hydrogen (secondary N) is 1. The van der Waals surface area contributed by atoms with Gasteiger partial charge in [0.05, 0.1) is 28.4 Å². The smallest absolute Gasteiger partial charge is 0.256 e. The van der Waals surface area contributed by atoms with Crippen LogP contribution in [0, 0.1) is 41.5 Å². The van der Waals surface area contributed by atoms with Crippen molar-refractivity contribution in [2.75, 3.05) is 46.0 Å². The topological polar surface area (TPSA) is 49.9 Å². The Labute approximate surface area is 629 Å². The molecule has 14 heteroatoms. The Balaban J connectivity index is 0.826. The van der Waals surface area contributed by atoms with Crippen molar-refractivity contribution in [2.24, 2.45) is 0 Å². The van der Waals surface area contributed by atoms with Crippen molar-refractivity contribution in [1.29, 1.82) is 0 Å². The van der Waals surface area contributed by atoms with Gasteiger partial charge in [0.2, 0.25) is 0 Å². The lowest BCUT2D eigenvalue weighted by Crippen LogP contribution is -2.65. The molecular formula is C92H72B3N7O2S2. The van der Waals surface area contributed by atoms with Gasteiger partial charge in [-0.2, -0.15) is 0 Å².